The maximum atomic E-state index is 12.7. The van der Waals surface area contributed by atoms with Gasteiger partial charge in [0.1, 0.15) is 0 Å². The molecule has 28 heavy (non-hydrogen) atoms. The minimum atomic E-state index is 0.148. The molecule has 2 saturated heterocycles. The quantitative estimate of drug-likeness (QED) is 0.773. The van der Waals surface area contributed by atoms with E-state index in [1.807, 2.05) is 18.2 Å². The molecule has 0 aliphatic carbocycles. The van der Waals surface area contributed by atoms with Crippen LogP contribution in [0.2, 0.25) is 5.02 Å². The van der Waals surface area contributed by atoms with Crippen molar-refractivity contribution in [2.24, 2.45) is 5.92 Å². The van der Waals surface area contributed by atoms with Crippen molar-refractivity contribution in [2.75, 3.05) is 33.2 Å². The second kappa shape index (κ2) is 7.33. The van der Waals surface area contributed by atoms with Gasteiger partial charge < -0.3 is 9.47 Å². The molecule has 4 nitrogen and oxygen atoms in total. The van der Waals surface area contributed by atoms with Gasteiger partial charge >= 0.3 is 0 Å². The van der Waals surface area contributed by atoms with Gasteiger partial charge in [-0.3, -0.25) is 9.69 Å². The van der Waals surface area contributed by atoms with Crippen LogP contribution in [0.4, 0.5) is 0 Å². The Balaban J connectivity index is 1.50. The van der Waals surface area contributed by atoms with Crippen LogP contribution in [0.3, 0.4) is 0 Å². The number of fused-ring (bicyclic) bond motifs is 4. The predicted octanol–water partition coefficient (Wildman–Crippen LogP) is 3.68. The largest absolute Gasteiger partial charge is 0.311 e. The molecule has 4 heterocycles. The number of likely N-dealkylation sites (tertiary alicyclic amines) is 2. The lowest BCUT2D eigenvalue weighted by molar-refractivity contribution is 0.0519. The first-order valence-electron chi connectivity index (χ1n) is 10.5. The summed E-state index contributed by atoms with van der Waals surface area (Å²) in [6, 6.07) is 12.5. The normalized spacial score (nSPS) is 26.2. The lowest BCUT2D eigenvalue weighted by atomic mass is 9.79. The van der Waals surface area contributed by atoms with Gasteiger partial charge in [-0.1, -0.05) is 23.7 Å². The molecule has 2 atom stereocenters. The third-order valence-electron chi connectivity index (χ3n) is 6.98. The molecule has 0 unspecified atom stereocenters. The van der Waals surface area contributed by atoms with Crippen molar-refractivity contribution in [2.45, 2.75) is 37.8 Å². The predicted molar refractivity (Wildman–Crippen MR) is 114 cm³/mol. The summed E-state index contributed by atoms with van der Waals surface area (Å²) in [5.74, 6) is 1.02. The first-order valence-corrected chi connectivity index (χ1v) is 10.9. The Kier molecular flexibility index (Phi) is 4.82. The minimum Gasteiger partial charge on any atom is -0.311 e. The highest BCUT2D eigenvalue weighted by atomic mass is 35.5. The summed E-state index contributed by atoms with van der Waals surface area (Å²) in [5, 5.41) is 0.747. The van der Waals surface area contributed by atoms with Crippen LogP contribution in [0.15, 0.2) is 41.2 Å². The SMILES string of the molecule is CN1CCC(N2C[C@H]3C[C@H](C2)c2c(-c4ccc(Cl)cc4)ccc(=O)n2C3)CC1. The van der Waals surface area contributed by atoms with E-state index >= 15 is 0 Å². The highest BCUT2D eigenvalue weighted by molar-refractivity contribution is 6.30. The third-order valence-corrected chi connectivity index (χ3v) is 7.23. The summed E-state index contributed by atoms with van der Waals surface area (Å²) >= 11 is 6.10. The molecule has 1 aromatic heterocycles. The molecule has 0 radical (unpaired) electrons. The number of pyridine rings is 1. The molecule has 2 aromatic rings. The Morgan fingerprint density at radius 2 is 1.71 bits per heavy atom. The average molecular weight is 398 g/mol. The van der Waals surface area contributed by atoms with Crippen LogP contribution in [-0.4, -0.2) is 53.6 Å². The van der Waals surface area contributed by atoms with Crippen LogP contribution in [0, 0.1) is 5.92 Å². The number of piperidine rings is 2. The Bertz CT molecular complexity index is 914. The van der Waals surface area contributed by atoms with E-state index in [2.05, 4.69) is 33.5 Å². The summed E-state index contributed by atoms with van der Waals surface area (Å²) in [4.78, 5) is 17.8. The van der Waals surface area contributed by atoms with Gasteiger partial charge in [-0.2, -0.15) is 0 Å². The number of hydrogen-bond donors (Lipinski definition) is 0. The van der Waals surface area contributed by atoms with Gasteiger partial charge in [0.05, 0.1) is 0 Å². The van der Waals surface area contributed by atoms with Crippen molar-refractivity contribution >= 4 is 11.6 Å². The van der Waals surface area contributed by atoms with Gasteiger partial charge in [-0.25, -0.2) is 0 Å². The first kappa shape index (κ1) is 18.4. The van der Waals surface area contributed by atoms with E-state index in [0.29, 0.717) is 17.9 Å². The van der Waals surface area contributed by atoms with Crippen LogP contribution < -0.4 is 5.56 Å². The first-order chi connectivity index (χ1) is 13.6. The lowest BCUT2D eigenvalue weighted by Gasteiger charge is -2.47. The Morgan fingerprint density at radius 1 is 0.964 bits per heavy atom. The Hall–Kier alpha value is -1.62. The van der Waals surface area contributed by atoms with Gasteiger partial charge in [0, 0.05) is 53.9 Å². The summed E-state index contributed by atoms with van der Waals surface area (Å²) in [5.41, 5.74) is 3.74. The Morgan fingerprint density at radius 3 is 2.46 bits per heavy atom. The van der Waals surface area contributed by atoms with Crippen molar-refractivity contribution in [3.8, 4) is 11.1 Å². The van der Waals surface area contributed by atoms with Crippen molar-refractivity contribution in [3.63, 3.8) is 0 Å². The van der Waals surface area contributed by atoms with Crippen molar-refractivity contribution < 1.29 is 0 Å². The molecule has 2 fully saturated rings. The van der Waals surface area contributed by atoms with Gasteiger partial charge in [0.25, 0.3) is 5.56 Å². The van der Waals surface area contributed by atoms with Crippen LogP contribution in [0.1, 0.15) is 30.9 Å². The fraction of sp³-hybridized carbons (Fsp3) is 0.522. The van der Waals surface area contributed by atoms with E-state index in [0.717, 1.165) is 30.2 Å². The molecule has 0 saturated carbocycles. The van der Waals surface area contributed by atoms with E-state index in [1.54, 1.807) is 6.07 Å². The molecule has 1 aromatic carbocycles. The zero-order valence-corrected chi connectivity index (χ0v) is 17.2. The van der Waals surface area contributed by atoms with Gasteiger partial charge in [-0.15, -0.1) is 0 Å². The zero-order valence-electron chi connectivity index (χ0n) is 16.5. The standard InChI is InChI=1S/C23H28ClN3O/c1-25-10-8-20(9-11-25)26-13-16-12-18(15-26)23-21(6-7-22(28)27(23)14-16)17-2-4-19(24)5-3-17/h2-7,16,18,20H,8-15H2,1H3/t16-,18-/m1/s1. The molecule has 0 spiro atoms. The molecule has 148 valence electrons. The van der Waals surface area contributed by atoms with Crippen LogP contribution >= 0.6 is 11.6 Å². The molecule has 3 aliphatic rings. The lowest BCUT2D eigenvalue weighted by Crippen LogP contribution is -2.53. The van der Waals surface area contributed by atoms with Crippen LogP contribution in [0.5, 0.6) is 0 Å². The maximum absolute atomic E-state index is 12.7. The van der Waals surface area contributed by atoms with E-state index < -0.39 is 0 Å². The number of rotatable bonds is 2. The van der Waals surface area contributed by atoms with Crippen molar-refractivity contribution in [1.82, 2.24) is 14.4 Å². The van der Waals surface area contributed by atoms with Gasteiger partial charge in [-0.05, 0) is 69.1 Å². The molecule has 5 rings (SSSR count). The number of halogens is 1. The van der Waals surface area contributed by atoms with Crippen LogP contribution in [0.25, 0.3) is 11.1 Å². The van der Waals surface area contributed by atoms with E-state index in [-0.39, 0.29) is 5.56 Å². The monoisotopic (exact) mass is 397 g/mol. The molecule has 0 N–H and O–H groups in total. The summed E-state index contributed by atoms with van der Waals surface area (Å²) < 4.78 is 2.06. The van der Waals surface area contributed by atoms with E-state index in [4.69, 9.17) is 11.6 Å². The van der Waals surface area contributed by atoms with Gasteiger partial charge in [0.2, 0.25) is 0 Å². The average Bonchev–Trinajstić information content (AvgIpc) is 2.70. The maximum Gasteiger partial charge on any atom is 0.250 e. The van der Waals surface area contributed by atoms with Crippen molar-refractivity contribution in [3.05, 3.63) is 57.5 Å². The third kappa shape index (κ3) is 3.32. The number of aromatic nitrogens is 1. The molecular formula is C23H28ClN3O. The topological polar surface area (TPSA) is 28.5 Å². The van der Waals surface area contributed by atoms with Crippen LogP contribution in [-0.2, 0) is 6.54 Å². The number of benzene rings is 1. The fourth-order valence-electron chi connectivity index (χ4n) is 5.58. The molecule has 3 aliphatic heterocycles. The fourth-order valence-corrected chi connectivity index (χ4v) is 5.71. The second-order valence-electron chi connectivity index (χ2n) is 8.87. The Labute approximate surface area is 171 Å². The smallest absolute Gasteiger partial charge is 0.250 e. The summed E-state index contributed by atoms with van der Waals surface area (Å²) in [6.45, 7) is 5.47. The van der Waals surface area contributed by atoms with Gasteiger partial charge in [0.15, 0.2) is 0 Å². The highest BCUT2D eigenvalue weighted by Gasteiger charge is 2.38. The second-order valence-corrected chi connectivity index (χ2v) is 9.31. The molecule has 5 heteroatoms. The van der Waals surface area contributed by atoms with E-state index in [1.165, 1.54) is 43.6 Å². The highest BCUT2D eigenvalue weighted by Crippen LogP contribution is 2.41. The zero-order chi connectivity index (χ0) is 19.3. The number of nitrogens with zero attached hydrogens (tertiary/aromatic N) is 3. The molecular weight excluding hydrogens is 370 g/mol. The minimum absolute atomic E-state index is 0.148. The summed E-state index contributed by atoms with van der Waals surface area (Å²) in [6.07, 6.45) is 3.73. The van der Waals surface area contributed by atoms with E-state index in [9.17, 15) is 4.79 Å². The molecule has 2 bridgehead atoms. The van der Waals surface area contributed by atoms with Crippen molar-refractivity contribution in [1.29, 1.82) is 0 Å². The molecule has 0 amide bonds. The summed E-state index contributed by atoms with van der Waals surface area (Å²) in [7, 11) is 2.22. The number of hydrogen-bond acceptors (Lipinski definition) is 3.